The molecule has 0 bridgehead atoms. The lowest BCUT2D eigenvalue weighted by Gasteiger charge is -2.14. The first-order valence-electron chi connectivity index (χ1n) is 10.3. The second-order valence-electron chi connectivity index (χ2n) is 7.64. The van der Waals surface area contributed by atoms with E-state index >= 15 is 0 Å². The molecule has 35 heavy (non-hydrogen) atoms. The Bertz CT molecular complexity index is 1410. The number of fused-ring (bicyclic) bond motifs is 1. The van der Waals surface area contributed by atoms with Gasteiger partial charge in [-0.15, -0.1) is 0 Å². The monoisotopic (exact) mass is 493 g/mol. The van der Waals surface area contributed by atoms with Gasteiger partial charge in [0.1, 0.15) is 0 Å². The van der Waals surface area contributed by atoms with Crippen LogP contribution in [-0.4, -0.2) is 43.6 Å². The van der Waals surface area contributed by atoms with Crippen molar-refractivity contribution in [3.63, 3.8) is 0 Å². The third kappa shape index (κ3) is 5.26. The van der Waals surface area contributed by atoms with Gasteiger partial charge in [-0.25, -0.2) is 18.4 Å². The first-order valence-corrected chi connectivity index (χ1v) is 11.8. The Balaban J connectivity index is 1.35. The summed E-state index contributed by atoms with van der Waals surface area (Å²) in [7, 11) is -3.85. The maximum absolute atomic E-state index is 12.6. The van der Waals surface area contributed by atoms with Crippen LogP contribution in [0.2, 0.25) is 0 Å². The van der Waals surface area contributed by atoms with E-state index < -0.39 is 40.3 Å². The Morgan fingerprint density at radius 1 is 0.886 bits per heavy atom. The van der Waals surface area contributed by atoms with Crippen molar-refractivity contribution in [2.75, 3.05) is 11.9 Å². The van der Waals surface area contributed by atoms with Crippen molar-refractivity contribution in [2.45, 2.75) is 11.4 Å². The summed E-state index contributed by atoms with van der Waals surface area (Å²) in [4.78, 5) is 50.6. The van der Waals surface area contributed by atoms with Crippen molar-refractivity contribution >= 4 is 39.4 Å². The Labute approximate surface area is 200 Å². The SMILES string of the molecule is NS(=O)(=O)c1ccc(NC(=O)COC(=O)c2cccc(CN3C(=O)c4ccccc4C3=O)c2)cc1. The number of amides is 3. The van der Waals surface area contributed by atoms with E-state index in [2.05, 4.69) is 5.32 Å². The quantitative estimate of drug-likeness (QED) is 0.377. The number of nitrogens with zero attached hydrogens (tertiary/aromatic N) is 1. The van der Waals surface area contributed by atoms with Gasteiger partial charge in [0.15, 0.2) is 6.61 Å². The number of esters is 1. The van der Waals surface area contributed by atoms with E-state index in [9.17, 15) is 27.6 Å². The first kappa shape index (κ1) is 23.8. The molecule has 0 spiro atoms. The second kappa shape index (κ2) is 9.49. The minimum atomic E-state index is -3.85. The van der Waals surface area contributed by atoms with Gasteiger partial charge in [0, 0.05) is 5.69 Å². The molecule has 1 aliphatic rings. The highest BCUT2D eigenvalue weighted by Gasteiger charge is 2.35. The maximum atomic E-state index is 12.6. The van der Waals surface area contributed by atoms with Gasteiger partial charge in [-0.1, -0.05) is 24.3 Å². The zero-order chi connectivity index (χ0) is 25.2. The second-order valence-corrected chi connectivity index (χ2v) is 9.20. The molecule has 1 aliphatic heterocycles. The summed E-state index contributed by atoms with van der Waals surface area (Å²) >= 11 is 0. The number of nitrogens with one attached hydrogen (secondary N) is 1. The van der Waals surface area contributed by atoms with Gasteiger partial charge in [-0.05, 0) is 54.1 Å². The lowest BCUT2D eigenvalue weighted by molar-refractivity contribution is -0.119. The molecule has 0 fully saturated rings. The van der Waals surface area contributed by atoms with Gasteiger partial charge in [0.2, 0.25) is 10.0 Å². The maximum Gasteiger partial charge on any atom is 0.338 e. The highest BCUT2D eigenvalue weighted by molar-refractivity contribution is 7.89. The number of hydrogen-bond acceptors (Lipinski definition) is 7. The standard InChI is InChI=1S/C24H19N3O7S/c25-35(32,33)18-10-8-17(9-11-18)26-21(28)14-34-24(31)16-5-3-4-15(12-16)13-27-22(29)19-6-1-2-7-20(19)23(27)30/h1-12H,13-14H2,(H,26,28)(H2,25,32,33). The fourth-order valence-corrected chi connectivity index (χ4v) is 4.02. The van der Waals surface area contributed by atoms with Crippen molar-refractivity contribution in [3.8, 4) is 0 Å². The highest BCUT2D eigenvalue weighted by atomic mass is 32.2. The molecule has 0 aliphatic carbocycles. The number of primary sulfonamides is 1. The van der Waals surface area contributed by atoms with Crippen molar-refractivity contribution in [3.05, 3.63) is 95.1 Å². The third-order valence-electron chi connectivity index (χ3n) is 5.18. The number of imide groups is 1. The van der Waals surface area contributed by atoms with E-state index in [1.54, 1.807) is 36.4 Å². The van der Waals surface area contributed by atoms with Crippen LogP contribution in [-0.2, 0) is 26.1 Å². The number of nitrogens with two attached hydrogens (primary N) is 1. The average Bonchev–Trinajstić information content (AvgIpc) is 3.07. The van der Waals surface area contributed by atoms with Crippen LogP contribution in [0.3, 0.4) is 0 Å². The zero-order valence-electron chi connectivity index (χ0n) is 18.1. The van der Waals surface area contributed by atoms with Gasteiger partial charge in [0.25, 0.3) is 17.7 Å². The van der Waals surface area contributed by atoms with E-state index in [0.717, 1.165) is 4.90 Å². The molecule has 0 saturated carbocycles. The van der Waals surface area contributed by atoms with Crippen LogP contribution >= 0.6 is 0 Å². The van der Waals surface area contributed by atoms with Gasteiger partial charge in [0.05, 0.1) is 28.1 Å². The molecule has 0 radical (unpaired) electrons. The lowest BCUT2D eigenvalue weighted by Crippen LogP contribution is -2.29. The van der Waals surface area contributed by atoms with Crippen LogP contribution in [0.4, 0.5) is 5.69 Å². The molecule has 11 heteroatoms. The fraction of sp³-hybridized carbons (Fsp3) is 0.0833. The van der Waals surface area contributed by atoms with Crippen LogP contribution in [0.5, 0.6) is 0 Å². The van der Waals surface area contributed by atoms with Crippen molar-refractivity contribution in [1.29, 1.82) is 0 Å². The molecule has 0 unspecified atom stereocenters. The molecule has 4 rings (SSSR count). The minimum absolute atomic E-state index is 0.0253. The van der Waals surface area contributed by atoms with Gasteiger partial charge < -0.3 is 10.1 Å². The van der Waals surface area contributed by atoms with E-state index in [1.807, 2.05) is 0 Å². The summed E-state index contributed by atoms with van der Waals surface area (Å²) < 4.78 is 27.6. The summed E-state index contributed by atoms with van der Waals surface area (Å²) in [5, 5.41) is 7.50. The Morgan fingerprint density at radius 3 is 2.11 bits per heavy atom. The summed E-state index contributed by atoms with van der Waals surface area (Å²) in [6, 6.07) is 17.9. The van der Waals surface area contributed by atoms with Crippen LogP contribution < -0.4 is 10.5 Å². The molecule has 178 valence electrons. The molecule has 1 heterocycles. The fourth-order valence-electron chi connectivity index (χ4n) is 3.50. The van der Waals surface area contributed by atoms with Crippen molar-refractivity contribution < 1.29 is 32.3 Å². The summed E-state index contributed by atoms with van der Waals surface area (Å²) in [5.41, 5.74) is 1.64. The van der Waals surface area contributed by atoms with Crippen LogP contribution in [0.1, 0.15) is 36.6 Å². The van der Waals surface area contributed by atoms with Crippen LogP contribution in [0, 0.1) is 0 Å². The smallest absolute Gasteiger partial charge is 0.338 e. The molecule has 0 aromatic heterocycles. The Hall–Kier alpha value is -4.35. The van der Waals surface area contributed by atoms with E-state index in [-0.39, 0.29) is 17.0 Å². The number of ether oxygens (including phenoxy) is 1. The van der Waals surface area contributed by atoms with Crippen LogP contribution in [0.15, 0.2) is 77.7 Å². The largest absolute Gasteiger partial charge is 0.452 e. The topological polar surface area (TPSA) is 153 Å². The molecule has 10 nitrogen and oxygen atoms in total. The van der Waals surface area contributed by atoms with Gasteiger partial charge in [-0.2, -0.15) is 0 Å². The van der Waals surface area contributed by atoms with E-state index in [0.29, 0.717) is 22.4 Å². The molecular formula is C24H19N3O7S. The number of benzene rings is 3. The predicted molar refractivity (Wildman–Crippen MR) is 124 cm³/mol. The van der Waals surface area contributed by atoms with Crippen molar-refractivity contribution in [2.24, 2.45) is 5.14 Å². The number of sulfonamides is 1. The summed E-state index contributed by atoms with van der Waals surface area (Å²) in [6.07, 6.45) is 0. The number of anilines is 1. The first-order chi connectivity index (χ1) is 16.6. The summed E-state index contributed by atoms with van der Waals surface area (Å²) in [5.74, 6) is -2.22. The molecule has 0 saturated heterocycles. The Morgan fingerprint density at radius 2 is 1.51 bits per heavy atom. The third-order valence-corrected chi connectivity index (χ3v) is 6.11. The van der Waals surface area contributed by atoms with Gasteiger partial charge >= 0.3 is 5.97 Å². The zero-order valence-corrected chi connectivity index (χ0v) is 18.9. The molecule has 3 aromatic rings. The minimum Gasteiger partial charge on any atom is -0.452 e. The lowest BCUT2D eigenvalue weighted by atomic mass is 10.1. The predicted octanol–water partition coefficient (Wildman–Crippen LogP) is 1.93. The molecule has 3 aromatic carbocycles. The molecule has 0 atom stereocenters. The highest BCUT2D eigenvalue weighted by Crippen LogP contribution is 2.24. The van der Waals surface area contributed by atoms with E-state index in [4.69, 9.17) is 9.88 Å². The number of rotatable bonds is 7. The van der Waals surface area contributed by atoms with Gasteiger partial charge in [-0.3, -0.25) is 19.3 Å². The average molecular weight is 493 g/mol. The summed E-state index contributed by atoms with van der Waals surface area (Å²) in [6.45, 7) is -0.610. The Kier molecular flexibility index (Phi) is 6.45. The number of carbonyl (C=O) groups is 4. The van der Waals surface area contributed by atoms with E-state index in [1.165, 1.54) is 36.4 Å². The number of hydrogen-bond donors (Lipinski definition) is 2. The molecular weight excluding hydrogens is 474 g/mol. The number of carbonyl (C=O) groups excluding carboxylic acids is 4. The molecule has 3 N–H and O–H groups in total. The molecule has 3 amide bonds. The van der Waals surface area contributed by atoms with Crippen molar-refractivity contribution in [1.82, 2.24) is 4.90 Å². The van der Waals surface area contributed by atoms with Crippen LogP contribution in [0.25, 0.3) is 0 Å². The normalized spacial score (nSPS) is 12.9.